The summed E-state index contributed by atoms with van der Waals surface area (Å²) in [5, 5.41) is 7.64. The minimum absolute atomic E-state index is 0.173. The second kappa shape index (κ2) is 10.3. The number of ether oxygens (including phenoxy) is 2. The van der Waals surface area contributed by atoms with Crippen LogP contribution in [0.4, 0.5) is 0 Å². The van der Waals surface area contributed by atoms with E-state index in [9.17, 15) is 9.59 Å². The van der Waals surface area contributed by atoms with Crippen molar-refractivity contribution in [2.45, 2.75) is 32.9 Å². The van der Waals surface area contributed by atoms with E-state index >= 15 is 0 Å². The molecule has 5 rings (SSSR count). The van der Waals surface area contributed by atoms with Gasteiger partial charge in [0.25, 0.3) is 5.91 Å². The predicted molar refractivity (Wildman–Crippen MR) is 139 cm³/mol. The van der Waals surface area contributed by atoms with Crippen LogP contribution in [-0.4, -0.2) is 40.3 Å². The molecule has 0 aliphatic carbocycles. The molecular formula is C29H28N4O4. The number of nitrogens with one attached hydrogen (secondary N) is 1. The van der Waals surface area contributed by atoms with Crippen LogP contribution in [0.25, 0.3) is 22.4 Å². The van der Waals surface area contributed by atoms with Crippen LogP contribution in [-0.2, 0) is 17.9 Å². The Morgan fingerprint density at radius 1 is 1.05 bits per heavy atom. The van der Waals surface area contributed by atoms with Crippen LogP contribution in [0.15, 0.2) is 66.9 Å². The molecule has 0 saturated carbocycles. The Morgan fingerprint density at radius 2 is 1.81 bits per heavy atom. The maximum absolute atomic E-state index is 12.9. The molecule has 1 N–H and O–H groups in total. The van der Waals surface area contributed by atoms with E-state index in [1.54, 1.807) is 16.8 Å². The lowest BCUT2D eigenvalue weighted by Gasteiger charge is -2.15. The maximum Gasteiger partial charge on any atom is 0.356 e. The van der Waals surface area contributed by atoms with Gasteiger partial charge in [-0.05, 0) is 46.9 Å². The third-order valence-corrected chi connectivity index (χ3v) is 6.40. The highest BCUT2D eigenvalue weighted by Gasteiger charge is 2.28. The Kier molecular flexibility index (Phi) is 6.72. The number of aromatic nitrogens is 3. The zero-order valence-electron chi connectivity index (χ0n) is 21.0. The highest BCUT2D eigenvalue weighted by atomic mass is 16.5. The van der Waals surface area contributed by atoms with E-state index in [1.807, 2.05) is 24.3 Å². The molecule has 2 aromatic heterocycles. The fourth-order valence-electron chi connectivity index (χ4n) is 4.37. The first-order valence-corrected chi connectivity index (χ1v) is 12.2. The number of pyridine rings is 1. The number of hydrogen-bond donors (Lipinski definition) is 1. The summed E-state index contributed by atoms with van der Waals surface area (Å²) in [6.45, 7) is 5.86. The normalized spacial score (nSPS) is 12.7. The largest absolute Gasteiger partial charge is 0.489 e. The number of nitrogens with zero attached hydrogens (tertiary/aromatic N) is 3. The molecule has 3 heterocycles. The number of carbonyl (C=O) groups excluding carboxylic acids is 2. The van der Waals surface area contributed by atoms with Crippen LogP contribution in [0.2, 0.25) is 0 Å². The van der Waals surface area contributed by atoms with Crippen molar-refractivity contribution < 1.29 is 19.1 Å². The first kappa shape index (κ1) is 24.2. The average Bonchev–Trinajstić information content (AvgIpc) is 3.33. The van der Waals surface area contributed by atoms with Crippen molar-refractivity contribution in [3.05, 3.63) is 89.4 Å². The maximum atomic E-state index is 12.9. The number of benzene rings is 2. The molecule has 0 bridgehead atoms. The fraction of sp³-hybridized carbons (Fsp3) is 0.241. The van der Waals surface area contributed by atoms with Crippen molar-refractivity contribution >= 4 is 11.9 Å². The van der Waals surface area contributed by atoms with Crippen LogP contribution in [0.1, 0.15) is 51.9 Å². The Hall–Kier alpha value is -4.46. The van der Waals surface area contributed by atoms with Gasteiger partial charge >= 0.3 is 5.97 Å². The zero-order chi connectivity index (χ0) is 25.9. The number of rotatable bonds is 7. The molecule has 0 atom stereocenters. The van der Waals surface area contributed by atoms with Crippen LogP contribution in [0.5, 0.6) is 5.75 Å². The first-order valence-electron chi connectivity index (χ1n) is 12.2. The predicted octanol–water partition coefficient (Wildman–Crippen LogP) is 4.84. The number of hydrogen-bond acceptors (Lipinski definition) is 6. The molecular weight excluding hydrogens is 468 g/mol. The summed E-state index contributed by atoms with van der Waals surface area (Å²) in [4.78, 5) is 29.0. The summed E-state index contributed by atoms with van der Waals surface area (Å²) in [7, 11) is 1.31. The topological polar surface area (TPSA) is 95.3 Å². The summed E-state index contributed by atoms with van der Waals surface area (Å²) in [6.07, 6.45) is 1.54. The molecule has 0 unspecified atom stereocenters. The number of amides is 1. The molecule has 188 valence electrons. The van der Waals surface area contributed by atoms with Gasteiger partial charge in [-0.1, -0.05) is 50.2 Å². The highest BCUT2D eigenvalue weighted by Crippen LogP contribution is 2.36. The number of fused-ring (bicyclic) bond motifs is 1. The van der Waals surface area contributed by atoms with Gasteiger partial charge in [-0.25, -0.2) is 9.78 Å². The van der Waals surface area contributed by atoms with Crippen molar-refractivity contribution in [3.8, 4) is 28.1 Å². The van der Waals surface area contributed by atoms with Crippen molar-refractivity contribution in [2.24, 2.45) is 0 Å². The SMILES string of the molecule is COC(=O)c1cc(-c2nn3c(c2-c2ccc(OCc4ccc(C(C)C)cc4)cc2)C(=O)NCC3)ccn1. The van der Waals surface area contributed by atoms with Crippen LogP contribution in [0.3, 0.4) is 0 Å². The monoisotopic (exact) mass is 496 g/mol. The van der Waals surface area contributed by atoms with Gasteiger partial charge in [-0.15, -0.1) is 0 Å². The summed E-state index contributed by atoms with van der Waals surface area (Å²) < 4.78 is 12.5. The minimum atomic E-state index is -0.537. The van der Waals surface area contributed by atoms with E-state index < -0.39 is 5.97 Å². The third-order valence-electron chi connectivity index (χ3n) is 6.40. The minimum Gasteiger partial charge on any atom is -0.489 e. The van der Waals surface area contributed by atoms with Gasteiger partial charge < -0.3 is 14.8 Å². The molecule has 1 aliphatic heterocycles. The van der Waals surface area contributed by atoms with Gasteiger partial charge in [0.05, 0.1) is 13.7 Å². The number of esters is 1. The highest BCUT2D eigenvalue weighted by molar-refractivity contribution is 6.03. The van der Waals surface area contributed by atoms with Crippen LogP contribution >= 0.6 is 0 Å². The first-order chi connectivity index (χ1) is 17.9. The Bertz CT molecular complexity index is 1440. The number of carbonyl (C=O) groups is 2. The fourth-order valence-corrected chi connectivity index (χ4v) is 4.37. The van der Waals surface area contributed by atoms with Crippen molar-refractivity contribution in [1.82, 2.24) is 20.1 Å². The van der Waals surface area contributed by atoms with E-state index in [-0.39, 0.29) is 11.6 Å². The zero-order valence-corrected chi connectivity index (χ0v) is 21.0. The molecule has 8 heteroatoms. The van der Waals surface area contributed by atoms with Crippen molar-refractivity contribution in [3.63, 3.8) is 0 Å². The lowest BCUT2D eigenvalue weighted by atomic mass is 9.98. The lowest BCUT2D eigenvalue weighted by molar-refractivity contribution is 0.0594. The van der Waals surface area contributed by atoms with E-state index in [2.05, 4.69) is 48.4 Å². The molecule has 0 spiro atoms. The molecule has 4 aromatic rings. The summed E-state index contributed by atoms with van der Waals surface area (Å²) in [5.41, 5.74) is 5.82. The van der Waals surface area contributed by atoms with Gasteiger partial charge in [-0.3, -0.25) is 9.48 Å². The molecule has 1 aliphatic rings. The second-order valence-corrected chi connectivity index (χ2v) is 9.18. The van der Waals surface area contributed by atoms with Crippen molar-refractivity contribution in [2.75, 3.05) is 13.7 Å². The third kappa shape index (κ3) is 4.95. The summed E-state index contributed by atoms with van der Waals surface area (Å²) in [5.74, 6) is 0.488. The van der Waals surface area contributed by atoms with Gasteiger partial charge in [0, 0.05) is 23.9 Å². The molecule has 37 heavy (non-hydrogen) atoms. The molecule has 1 amide bonds. The van der Waals surface area contributed by atoms with Gasteiger partial charge in [0.1, 0.15) is 29.4 Å². The van der Waals surface area contributed by atoms with E-state index in [0.29, 0.717) is 48.1 Å². The molecule has 0 fully saturated rings. The second-order valence-electron chi connectivity index (χ2n) is 9.18. The Labute approximate surface area is 215 Å². The average molecular weight is 497 g/mol. The smallest absolute Gasteiger partial charge is 0.356 e. The van der Waals surface area contributed by atoms with Gasteiger partial charge in [0.2, 0.25) is 0 Å². The molecule has 8 nitrogen and oxygen atoms in total. The molecule has 0 radical (unpaired) electrons. The standard InChI is InChI=1S/C29H28N4O4/c1-18(2)20-6-4-19(5-7-20)17-37-23-10-8-21(9-11-23)25-26(32-33-15-14-31-28(34)27(25)33)22-12-13-30-24(16-22)29(35)36-3/h4-13,16,18H,14-15,17H2,1-3H3,(H,31,34). The number of methoxy groups -OCH3 is 1. The Balaban J connectivity index is 1.45. The van der Waals surface area contributed by atoms with Crippen molar-refractivity contribution in [1.29, 1.82) is 0 Å². The van der Waals surface area contributed by atoms with Crippen LogP contribution in [0, 0.1) is 0 Å². The molecule has 2 aromatic carbocycles. The van der Waals surface area contributed by atoms with Crippen LogP contribution < -0.4 is 10.1 Å². The van der Waals surface area contributed by atoms with Gasteiger partial charge in [0.15, 0.2) is 0 Å². The quantitative estimate of drug-likeness (QED) is 0.368. The van der Waals surface area contributed by atoms with Gasteiger partial charge in [-0.2, -0.15) is 5.10 Å². The summed E-state index contributed by atoms with van der Waals surface area (Å²) in [6, 6.07) is 19.5. The lowest BCUT2D eigenvalue weighted by Crippen LogP contribution is -2.35. The molecule has 0 saturated heterocycles. The van der Waals surface area contributed by atoms with E-state index in [0.717, 1.165) is 16.9 Å². The Morgan fingerprint density at radius 3 is 2.51 bits per heavy atom. The summed E-state index contributed by atoms with van der Waals surface area (Å²) >= 11 is 0. The van der Waals surface area contributed by atoms with E-state index in [1.165, 1.54) is 18.9 Å². The van der Waals surface area contributed by atoms with E-state index in [4.69, 9.17) is 14.6 Å².